The molecule has 2 unspecified atom stereocenters. The van der Waals surface area contributed by atoms with Gasteiger partial charge in [0.15, 0.2) is 0 Å². The third-order valence-corrected chi connectivity index (χ3v) is 4.10. The summed E-state index contributed by atoms with van der Waals surface area (Å²) in [5.74, 6) is -1.48. The Morgan fingerprint density at radius 3 is 2.69 bits per heavy atom. The standard InChI is InChI=1S/C19H18FNO5/c20-12-5-7-13(8-6-12)26-17(19(23)24)11-21-18(22)15-9-10-25-16-4-2-1-3-14(15)16/h1-8,15,17H,9-11H2,(H,21,22)(H,23,24). The molecule has 0 bridgehead atoms. The van der Waals surface area contributed by atoms with Crippen LogP contribution in [0.15, 0.2) is 48.5 Å². The largest absolute Gasteiger partial charge is 0.493 e. The Morgan fingerprint density at radius 2 is 1.96 bits per heavy atom. The predicted molar refractivity (Wildman–Crippen MR) is 90.8 cm³/mol. The third-order valence-electron chi connectivity index (χ3n) is 4.10. The number of rotatable bonds is 6. The van der Waals surface area contributed by atoms with Crippen molar-refractivity contribution in [2.24, 2.45) is 0 Å². The summed E-state index contributed by atoms with van der Waals surface area (Å²) in [6, 6.07) is 12.3. The third kappa shape index (κ3) is 4.11. The molecule has 6 nitrogen and oxygen atoms in total. The van der Waals surface area contributed by atoms with Crippen LogP contribution in [-0.2, 0) is 9.59 Å². The summed E-state index contributed by atoms with van der Waals surface area (Å²) >= 11 is 0. The Hall–Kier alpha value is -3.09. The van der Waals surface area contributed by atoms with E-state index in [-0.39, 0.29) is 18.2 Å². The lowest BCUT2D eigenvalue weighted by molar-refractivity contribution is -0.145. The fourth-order valence-corrected chi connectivity index (χ4v) is 2.79. The SMILES string of the molecule is O=C(O)C(CNC(=O)C1CCOc2ccccc21)Oc1ccc(F)cc1. The highest BCUT2D eigenvalue weighted by Crippen LogP contribution is 2.33. The number of hydrogen-bond acceptors (Lipinski definition) is 4. The van der Waals surface area contributed by atoms with E-state index in [0.717, 1.165) is 5.56 Å². The lowest BCUT2D eigenvalue weighted by Crippen LogP contribution is -2.42. The molecule has 1 aliphatic rings. The summed E-state index contributed by atoms with van der Waals surface area (Å²) in [7, 11) is 0. The zero-order valence-electron chi connectivity index (χ0n) is 13.9. The molecule has 2 atom stereocenters. The quantitative estimate of drug-likeness (QED) is 0.827. The fraction of sp³-hybridized carbons (Fsp3) is 0.263. The van der Waals surface area contributed by atoms with Gasteiger partial charge in [0.25, 0.3) is 0 Å². The fourth-order valence-electron chi connectivity index (χ4n) is 2.79. The first-order valence-electron chi connectivity index (χ1n) is 8.19. The number of carboxylic acids is 1. The first-order chi connectivity index (χ1) is 12.5. The molecule has 2 aromatic rings. The number of para-hydroxylation sites is 1. The van der Waals surface area contributed by atoms with E-state index in [2.05, 4.69) is 5.32 Å². The highest BCUT2D eigenvalue weighted by Gasteiger charge is 2.29. The number of carboxylic acid groups (broad SMARTS) is 1. The average molecular weight is 359 g/mol. The van der Waals surface area contributed by atoms with Gasteiger partial charge < -0.3 is 19.9 Å². The van der Waals surface area contributed by atoms with Gasteiger partial charge in [0.1, 0.15) is 17.3 Å². The van der Waals surface area contributed by atoms with Crippen LogP contribution in [0.4, 0.5) is 4.39 Å². The van der Waals surface area contributed by atoms with Gasteiger partial charge in [0.05, 0.1) is 19.1 Å². The van der Waals surface area contributed by atoms with Gasteiger partial charge >= 0.3 is 5.97 Å². The molecule has 1 amide bonds. The Balaban J connectivity index is 1.63. The number of hydrogen-bond donors (Lipinski definition) is 2. The van der Waals surface area contributed by atoms with Gasteiger partial charge in [-0.15, -0.1) is 0 Å². The van der Waals surface area contributed by atoms with Crippen molar-refractivity contribution < 1.29 is 28.6 Å². The van der Waals surface area contributed by atoms with Crippen molar-refractivity contribution in [1.29, 1.82) is 0 Å². The summed E-state index contributed by atoms with van der Waals surface area (Å²) in [5, 5.41) is 11.9. The number of aliphatic carboxylic acids is 1. The molecule has 0 saturated carbocycles. The maximum atomic E-state index is 12.9. The molecular weight excluding hydrogens is 341 g/mol. The zero-order chi connectivity index (χ0) is 18.5. The highest BCUT2D eigenvalue weighted by molar-refractivity contribution is 5.85. The molecule has 0 fully saturated rings. The Kier molecular flexibility index (Phi) is 5.36. The van der Waals surface area contributed by atoms with Crippen molar-refractivity contribution in [1.82, 2.24) is 5.32 Å². The first-order valence-corrected chi connectivity index (χ1v) is 8.19. The molecule has 2 aromatic carbocycles. The molecular formula is C19H18FNO5. The van der Waals surface area contributed by atoms with Crippen LogP contribution in [0.1, 0.15) is 17.9 Å². The highest BCUT2D eigenvalue weighted by atomic mass is 19.1. The minimum atomic E-state index is -1.28. The molecule has 3 rings (SSSR count). The Morgan fingerprint density at radius 1 is 1.23 bits per heavy atom. The first kappa shape index (κ1) is 17.7. The topological polar surface area (TPSA) is 84.9 Å². The van der Waals surface area contributed by atoms with Crippen LogP contribution in [0.25, 0.3) is 0 Å². The molecule has 0 aromatic heterocycles. The molecule has 0 aliphatic carbocycles. The van der Waals surface area contributed by atoms with Crippen molar-refractivity contribution in [3.05, 3.63) is 59.9 Å². The van der Waals surface area contributed by atoms with Crippen LogP contribution in [0.2, 0.25) is 0 Å². The van der Waals surface area contributed by atoms with Crippen molar-refractivity contribution >= 4 is 11.9 Å². The maximum absolute atomic E-state index is 12.9. The molecule has 0 spiro atoms. The number of benzene rings is 2. The lowest BCUT2D eigenvalue weighted by Gasteiger charge is -2.25. The monoisotopic (exact) mass is 359 g/mol. The second-order valence-corrected chi connectivity index (χ2v) is 5.87. The summed E-state index contributed by atoms with van der Waals surface area (Å²) in [6.07, 6.45) is -0.765. The van der Waals surface area contributed by atoms with E-state index in [0.29, 0.717) is 18.8 Å². The van der Waals surface area contributed by atoms with Gasteiger partial charge in [0.2, 0.25) is 12.0 Å². The van der Waals surface area contributed by atoms with E-state index in [4.69, 9.17) is 9.47 Å². The van der Waals surface area contributed by atoms with Crippen molar-refractivity contribution in [2.45, 2.75) is 18.4 Å². The van der Waals surface area contributed by atoms with Gasteiger partial charge in [-0.25, -0.2) is 9.18 Å². The number of carbonyl (C=O) groups is 2. The zero-order valence-corrected chi connectivity index (χ0v) is 13.9. The van der Waals surface area contributed by atoms with E-state index in [9.17, 15) is 19.1 Å². The molecule has 1 aliphatic heterocycles. The smallest absolute Gasteiger partial charge is 0.346 e. The van der Waals surface area contributed by atoms with E-state index in [1.807, 2.05) is 18.2 Å². The Labute approximate surface area is 149 Å². The van der Waals surface area contributed by atoms with Crippen LogP contribution in [0, 0.1) is 5.82 Å². The summed E-state index contributed by atoms with van der Waals surface area (Å²) in [6.45, 7) is 0.217. The number of ether oxygens (including phenoxy) is 2. The molecule has 0 saturated heterocycles. The second-order valence-electron chi connectivity index (χ2n) is 5.87. The van der Waals surface area contributed by atoms with Gasteiger partial charge in [-0.1, -0.05) is 18.2 Å². The van der Waals surface area contributed by atoms with E-state index in [1.54, 1.807) is 6.07 Å². The molecule has 0 radical (unpaired) electrons. The predicted octanol–water partition coefficient (Wildman–Crippen LogP) is 2.34. The van der Waals surface area contributed by atoms with Crippen molar-refractivity contribution in [3.8, 4) is 11.5 Å². The number of fused-ring (bicyclic) bond motifs is 1. The number of amides is 1. The van der Waals surface area contributed by atoms with Crippen LogP contribution in [0.5, 0.6) is 11.5 Å². The average Bonchev–Trinajstić information content (AvgIpc) is 2.65. The summed E-state index contributed by atoms with van der Waals surface area (Å²) in [5.41, 5.74) is 0.780. The molecule has 136 valence electrons. The van der Waals surface area contributed by atoms with Crippen LogP contribution in [0.3, 0.4) is 0 Å². The van der Waals surface area contributed by atoms with Crippen LogP contribution >= 0.6 is 0 Å². The minimum Gasteiger partial charge on any atom is -0.493 e. The number of halogens is 1. The van der Waals surface area contributed by atoms with Gasteiger partial charge in [-0.3, -0.25) is 4.79 Å². The summed E-state index contributed by atoms with van der Waals surface area (Å²) in [4.78, 5) is 23.9. The van der Waals surface area contributed by atoms with Crippen LogP contribution in [-0.4, -0.2) is 36.2 Å². The molecule has 1 heterocycles. The number of carbonyl (C=O) groups excluding carboxylic acids is 1. The van der Waals surface area contributed by atoms with Crippen molar-refractivity contribution in [3.63, 3.8) is 0 Å². The maximum Gasteiger partial charge on any atom is 0.346 e. The molecule has 26 heavy (non-hydrogen) atoms. The molecule has 7 heteroatoms. The van der Waals surface area contributed by atoms with E-state index < -0.39 is 23.8 Å². The van der Waals surface area contributed by atoms with Gasteiger partial charge in [-0.2, -0.15) is 0 Å². The van der Waals surface area contributed by atoms with E-state index in [1.165, 1.54) is 24.3 Å². The lowest BCUT2D eigenvalue weighted by atomic mass is 9.92. The Bertz CT molecular complexity index is 793. The van der Waals surface area contributed by atoms with Crippen LogP contribution < -0.4 is 14.8 Å². The molecule has 2 N–H and O–H groups in total. The van der Waals surface area contributed by atoms with Crippen molar-refractivity contribution in [2.75, 3.05) is 13.2 Å². The normalized spacial score (nSPS) is 16.7. The number of nitrogens with one attached hydrogen (secondary N) is 1. The van der Waals surface area contributed by atoms with Gasteiger partial charge in [-0.05, 0) is 36.8 Å². The summed E-state index contributed by atoms with van der Waals surface area (Å²) < 4.78 is 23.8. The van der Waals surface area contributed by atoms with E-state index >= 15 is 0 Å². The second kappa shape index (κ2) is 7.86. The minimum absolute atomic E-state index is 0.203. The van der Waals surface area contributed by atoms with Gasteiger partial charge in [0, 0.05) is 5.56 Å².